The van der Waals surface area contributed by atoms with Gasteiger partial charge >= 0.3 is 5.97 Å². The Morgan fingerprint density at radius 2 is 1.73 bits per heavy atom. The molecule has 0 spiro atoms. The maximum absolute atomic E-state index is 12.8. The third-order valence-corrected chi connectivity index (χ3v) is 13.0. The van der Waals surface area contributed by atoms with Crippen LogP contribution in [0.1, 0.15) is 129 Å². The Bertz CT molecular complexity index is 1060. The van der Waals surface area contributed by atoms with Gasteiger partial charge in [-0.05, 0) is 136 Å². The van der Waals surface area contributed by atoms with E-state index < -0.39 is 5.60 Å². The van der Waals surface area contributed by atoms with Crippen molar-refractivity contribution in [2.45, 2.75) is 130 Å². The zero-order valence-corrected chi connectivity index (χ0v) is 26.3. The van der Waals surface area contributed by atoms with Crippen LogP contribution in [0.4, 0.5) is 0 Å². The number of hydrogen-bond acceptors (Lipinski definition) is 3. The molecule has 0 aliphatic heterocycles. The van der Waals surface area contributed by atoms with Gasteiger partial charge in [0.2, 0.25) is 0 Å². The molecule has 0 unspecified atom stereocenters. The predicted molar refractivity (Wildman–Crippen MR) is 164 cm³/mol. The van der Waals surface area contributed by atoms with Crippen molar-refractivity contribution in [2.24, 2.45) is 46.3 Å². The summed E-state index contributed by atoms with van der Waals surface area (Å²) in [6.07, 6.45) is 16.6. The van der Waals surface area contributed by atoms with E-state index in [1.165, 1.54) is 38.5 Å². The van der Waals surface area contributed by atoms with Gasteiger partial charge in [0.15, 0.2) is 0 Å². The normalized spacial score (nSPS) is 38.5. The number of allylic oxidation sites excluding steroid dienone is 1. The molecule has 9 atom stereocenters. The van der Waals surface area contributed by atoms with Crippen molar-refractivity contribution in [1.82, 2.24) is 0 Å². The summed E-state index contributed by atoms with van der Waals surface area (Å²) in [6, 6.07) is 9.45. The van der Waals surface area contributed by atoms with E-state index in [1.807, 2.05) is 30.3 Å². The summed E-state index contributed by atoms with van der Waals surface area (Å²) in [5.74, 6) is 3.99. The molecule has 0 aromatic heterocycles. The van der Waals surface area contributed by atoms with Gasteiger partial charge < -0.3 is 9.84 Å². The summed E-state index contributed by atoms with van der Waals surface area (Å²) in [5, 5.41) is 11.1. The summed E-state index contributed by atoms with van der Waals surface area (Å²) in [6.45, 7) is 14.1. The van der Waals surface area contributed by atoms with Crippen molar-refractivity contribution in [3.05, 3.63) is 47.5 Å². The van der Waals surface area contributed by atoms with Crippen LogP contribution < -0.4 is 0 Å². The highest BCUT2D eigenvalue weighted by molar-refractivity contribution is 5.89. The van der Waals surface area contributed by atoms with Crippen LogP contribution in [0.3, 0.4) is 0 Å². The summed E-state index contributed by atoms with van der Waals surface area (Å²) in [7, 11) is 0. The van der Waals surface area contributed by atoms with Gasteiger partial charge in [0.25, 0.3) is 0 Å². The van der Waals surface area contributed by atoms with E-state index in [0.717, 1.165) is 62.2 Å². The molecule has 0 saturated heterocycles. The van der Waals surface area contributed by atoms with Gasteiger partial charge in [-0.1, -0.05) is 71.4 Å². The molecule has 1 aromatic carbocycles. The highest BCUT2D eigenvalue weighted by Crippen LogP contribution is 2.69. The van der Waals surface area contributed by atoms with Crippen LogP contribution in [0.25, 0.3) is 0 Å². The lowest BCUT2D eigenvalue weighted by atomic mass is 9.45. The Morgan fingerprint density at radius 1 is 0.975 bits per heavy atom. The molecular formula is C37H56O3. The van der Waals surface area contributed by atoms with Crippen LogP contribution in [0.5, 0.6) is 0 Å². The standard InChI is InChI=1S/C37H56O3/c1-7-36(39)23-22-35(6)28(24-36)15-16-29-31(35)20-21-37(8-2)30(17-18-32(29)37)26(5)14-19-33(25(3)4)40-34(38)27-12-10-9-11-13-27/h9-13,15,25-26,29-33,39H,7-8,14,16-24H2,1-6H3/t26-,29-,30-,31+,32+,33+,35+,36+,37-/m1/s1. The monoisotopic (exact) mass is 548 g/mol. The first kappa shape index (κ1) is 29.9. The van der Waals surface area contributed by atoms with Crippen LogP contribution in [0, 0.1) is 46.3 Å². The summed E-state index contributed by atoms with van der Waals surface area (Å²) in [4.78, 5) is 12.8. The molecule has 3 nitrogen and oxygen atoms in total. The molecule has 4 aliphatic carbocycles. The fraction of sp³-hybridized carbons (Fsp3) is 0.757. The van der Waals surface area contributed by atoms with Crippen LogP contribution >= 0.6 is 0 Å². The number of carbonyl (C=O) groups excluding carboxylic acids is 1. The van der Waals surface area contributed by atoms with Crippen LogP contribution in [0.15, 0.2) is 42.0 Å². The molecule has 40 heavy (non-hydrogen) atoms. The average Bonchev–Trinajstić information content (AvgIpc) is 3.36. The Balaban J connectivity index is 1.27. The van der Waals surface area contributed by atoms with E-state index in [4.69, 9.17) is 4.74 Å². The lowest BCUT2D eigenvalue weighted by Crippen LogP contribution is -2.53. The molecule has 3 saturated carbocycles. The number of carbonyl (C=O) groups is 1. The van der Waals surface area contributed by atoms with Gasteiger partial charge in [-0.15, -0.1) is 0 Å². The summed E-state index contributed by atoms with van der Waals surface area (Å²) < 4.78 is 6.06. The van der Waals surface area contributed by atoms with Crippen LogP contribution in [-0.2, 0) is 4.74 Å². The number of hydrogen-bond donors (Lipinski definition) is 1. The third kappa shape index (κ3) is 5.23. The zero-order chi connectivity index (χ0) is 28.7. The largest absolute Gasteiger partial charge is 0.459 e. The predicted octanol–water partition coefficient (Wildman–Crippen LogP) is 9.39. The number of ether oxygens (including phenoxy) is 1. The fourth-order valence-corrected chi connectivity index (χ4v) is 10.4. The molecule has 5 rings (SSSR count). The van der Waals surface area contributed by atoms with Crippen molar-refractivity contribution < 1.29 is 14.6 Å². The van der Waals surface area contributed by atoms with E-state index >= 15 is 0 Å². The van der Waals surface area contributed by atoms with Crippen molar-refractivity contribution in [3.8, 4) is 0 Å². The van der Waals surface area contributed by atoms with Gasteiger partial charge in [0.1, 0.15) is 6.10 Å². The maximum Gasteiger partial charge on any atom is 0.338 e. The van der Waals surface area contributed by atoms with Gasteiger partial charge in [-0.25, -0.2) is 4.79 Å². The number of esters is 1. The topological polar surface area (TPSA) is 46.5 Å². The number of fused-ring (bicyclic) bond motifs is 5. The number of aliphatic hydroxyl groups is 1. The maximum atomic E-state index is 12.8. The van der Waals surface area contributed by atoms with E-state index in [9.17, 15) is 9.90 Å². The molecule has 3 fully saturated rings. The molecule has 0 bridgehead atoms. The zero-order valence-electron chi connectivity index (χ0n) is 26.3. The Morgan fingerprint density at radius 3 is 2.40 bits per heavy atom. The first-order valence-corrected chi connectivity index (χ1v) is 16.7. The van der Waals surface area contributed by atoms with Crippen LogP contribution in [-0.4, -0.2) is 22.8 Å². The summed E-state index contributed by atoms with van der Waals surface area (Å²) >= 11 is 0. The van der Waals surface area contributed by atoms with Crippen molar-refractivity contribution >= 4 is 5.97 Å². The Kier molecular flexibility index (Phi) is 8.65. The lowest BCUT2D eigenvalue weighted by Gasteiger charge is -2.60. The SMILES string of the molecule is CC[C@]1(O)CC[C@@]2(C)C(=CC[C@H]3[C@@H]4CC[C@H]([C@H](C)CC[C@H](OC(=O)c5ccccc5)C(C)C)[C@@]4(CC)CC[C@@H]32)C1. The second-order valence-electron chi connectivity index (χ2n) is 14.9. The van der Waals surface area contributed by atoms with Crippen LogP contribution in [0.2, 0.25) is 0 Å². The molecule has 0 heterocycles. The van der Waals surface area contributed by atoms with E-state index in [1.54, 1.807) is 5.57 Å². The first-order chi connectivity index (χ1) is 19.1. The average molecular weight is 549 g/mol. The minimum Gasteiger partial charge on any atom is -0.459 e. The van der Waals surface area contributed by atoms with E-state index in [-0.39, 0.29) is 12.1 Å². The van der Waals surface area contributed by atoms with E-state index in [2.05, 4.69) is 47.6 Å². The number of rotatable bonds is 9. The Labute approximate surface area is 244 Å². The molecular weight excluding hydrogens is 492 g/mol. The molecule has 1 N–H and O–H groups in total. The Hall–Kier alpha value is -1.61. The van der Waals surface area contributed by atoms with Gasteiger partial charge in [-0.3, -0.25) is 0 Å². The molecule has 222 valence electrons. The molecule has 4 aliphatic rings. The van der Waals surface area contributed by atoms with Gasteiger partial charge in [-0.2, -0.15) is 0 Å². The highest BCUT2D eigenvalue weighted by atomic mass is 16.5. The second-order valence-corrected chi connectivity index (χ2v) is 14.9. The first-order valence-electron chi connectivity index (χ1n) is 16.7. The van der Waals surface area contributed by atoms with Gasteiger partial charge in [0.05, 0.1) is 11.2 Å². The number of benzene rings is 1. The minimum absolute atomic E-state index is 0.0319. The van der Waals surface area contributed by atoms with Crippen molar-refractivity contribution in [1.29, 1.82) is 0 Å². The summed E-state index contributed by atoms with van der Waals surface area (Å²) in [5.41, 5.74) is 2.52. The molecule has 0 radical (unpaired) electrons. The molecule has 1 aromatic rings. The smallest absolute Gasteiger partial charge is 0.338 e. The molecule has 3 heteroatoms. The van der Waals surface area contributed by atoms with Crippen molar-refractivity contribution in [3.63, 3.8) is 0 Å². The van der Waals surface area contributed by atoms with Gasteiger partial charge in [0, 0.05) is 0 Å². The third-order valence-electron chi connectivity index (χ3n) is 13.0. The fourth-order valence-electron chi connectivity index (χ4n) is 10.4. The molecule has 0 amide bonds. The highest BCUT2D eigenvalue weighted by Gasteiger charge is 2.60. The minimum atomic E-state index is -0.475. The quantitative estimate of drug-likeness (QED) is 0.247. The second kappa shape index (κ2) is 11.6. The van der Waals surface area contributed by atoms with E-state index in [0.29, 0.717) is 28.2 Å². The van der Waals surface area contributed by atoms with Crippen molar-refractivity contribution in [2.75, 3.05) is 0 Å². The lowest BCUT2D eigenvalue weighted by molar-refractivity contribution is -0.0833.